The fourth-order valence-electron chi connectivity index (χ4n) is 2.60. The highest BCUT2D eigenvalue weighted by Crippen LogP contribution is 2.20. The smallest absolute Gasteiger partial charge is 0.346 e. The second-order valence-electron chi connectivity index (χ2n) is 5.81. The zero-order chi connectivity index (χ0) is 19.2. The largest absolute Gasteiger partial charge is 0.497 e. The molecular weight excluding hydrogens is 349 g/mol. The van der Waals surface area contributed by atoms with Gasteiger partial charge in [0.2, 0.25) is 0 Å². The summed E-state index contributed by atoms with van der Waals surface area (Å²) in [5.41, 5.74) is 1.04. The minimum absolute atomic E-state index is 0.0920. The molecule has 0 unspecified atom stereocenters. The van der Waals surface area contributed by atoms with E-state index in [0.29, 0.717) is 29.0 Å². The summed E-state index contributed by atoms with van der Waals surface area (Å²) >= 11 is 0. The van der Waals surface area contributed by atoms with Crippen molar-refractivity contribution in [1.29, 1.82) is 0 Å². The van der Waals surface area contributed by atoms with Crippen molar-refractivity contribution < 1.29 is 13.9 Å². The van der Waals surface area contributed by atoms with Gasteiger partial charge in [0, 0.05) is 12.1 Å². The second-order valence-corrected chi connectivity index (χ2v) is 5.81. The van der Waals surface area contributed by atoms with Crippen LogP contribution in [0.3, 0.4) is 0 Å². The average Bonchev–Trinajstić information content (AvgIpc) is 2.69. The number of benzene rings is 2. The van der Waals surface area contributed by atoms with Gasteiger partial charge in [0.05, 0.1) is 12.8 Å². The van der Waals surface area contributed by atoms with Crippen molar-refractivity contribution in [3.8, 4) is 17.0 Å². The maximum atomic E-state index is 13.6. The van der Waals surface area contributed by atoms with Crippen LogP contribution in [0.25, 0.3) is 11.3 Å². The fraction of sp³-hybridized carbons (Fsp3) is 0.150. The predicted octanol–water partition coefficient (Wildman–Crippen LogP) is 2.56. The van der Waals surface area contributed by atoms with E-state index in [0.717, 1.165) is 0 Å². The van der Waals surface area contributed by atoms with Gasteiger partial charge in [0.15, 0.2) is 0 Å². The molecular formula is C20H18FN3O3. The van der Waals surface area contributed by atoms with Crippen molar-refractivity contribution in [2.45, 2.75) is 6.42 Å². The molecule has 3 rings (SSSR count). The lowest BCUT2D eigenvalue weighted by Crippen LogP contribution is -2.29. The molecule has 0 aliphatic carbocycles. The standard InChI is InChI=1S/C20H18FN3O3/c1-27-15-8-6-14(7-9-15)17-12-18(24-20(26)23-17)19(25)22-11-10-13-4-2-3-5-16(13)21/h2-9,12H,10-11H2,1H3,(H,22,25)(H,23,24,26). The van der Waals surface area contributed by atoms with Crippen LogP contribution in [0.1, 0.15) is 16.1 Å². The number of aromatic amines is 1. The molecule has 1 aromatic heterocycles. The Hall–Kier alpha value is -3.48. The Balaban J connectivity index is 1.72. The Labute approximate surface area is 155 Å². The van der Waals surface area contributed by atoms with Gasteiger partial charge in [-0.3, -0.25) is 4.79 Å². The van der Waals surface area contributed by atoms with Gasteiger partial charge in [-0.2, -0.15) is 4.98 Å². The Morgan fingerprint density at radius 2 is 1.93 bits per heavy atom. The van der Waals surface area contributed by atoms with Gasteiger partial charge >= 0.3 is 5.69 Å². The molecule has 0 radical (unpaired) electrons. The summed E-state index contributed by atoms with van der Waals surface area (Å²) in [4.78, 5) is 30.5. The van der Waals surface area contributed by atoms with E-state index < -0.39 is 11.6 Å². The molecule has 0 fully saturated rings. The zero-order valence-electron chi connectivity index (χ0n) is 14.7. The van der Waals surface area contributed by atoms with E-state index in [9.17, 15) is 14.0 Å². The van der Waals surface area contributed by atoms with Crippen molar-refractivity contribution in [3.05, 3.63) is 82.2 Å². The van der Waals surface area contributed by atoms with Crippen molar-refractivity contribution in [2.75, 3.05) is 13.7 Å². The minimum Gasteiger partial charge on any atom is -0.497 e. The Morgan fingerprint density at radius 1 is 1.19 bits per heavy atom. The molecule has 0 saturated heterocycles. The zero-order valence-corrected chi connectivity index (χ0v) is 14.7. The highest BCUT2D eigenvalue weighted by molar-refractivity contribution is 5.93. The molecule has 2 N–H and O–H groups in total. The van der Waals surface area contributed by atoms with Crippen LogP contribution in [0.2, 0.25) is 0 Å². The molecule has 3 aromatic rings. The van der Waals surface area contributed by atoms with Crippen LogP contribution in [-0.4, -0.2) is 29.5 Å². The third kappa shape index (κ3) is 4.58. The first-order valence-corrected chi connectivity index (χ1v) is 8.34. The van der Waals surface area contributed by atoms with Crippen LogP contribution in [0.15, 0.2) is 59.4 Å². The lowest BCUT2D eigenvalue weighted by molar-refractivity contribution is 0.0948. The molecule has 0 aliphatic heterocycles. The number of methoxy groups -OCH3 is 1. The van der Waals surface area contributed by atoms with Gasteiger partial charge in [0.25, 0.3) is 5.91 Å². The van der Waals surface area contributed by atoms with Gasteiger partial charge in [0.1, 0.15) is 17.3 Å². The first-order chi connectivity index (χ1) is 13.1. The van der Waals surface area contributed by atoms with Gasteiger partial charge in [-0.05, 0) is 48.4 Å². The van der Waals surface area contributed by atoms with Gasteiger partial charge in [-0.25, -0.2) is 9.18 Å². The SMILES string of the molecule is COc1ccc(-c2cc(C(=O)NCCc3ccccc3F)[nH]c(=O)n2)cc1. The summed E-state index contributed by atoms with van der Waals surface area (Å²) in [7, 11) is 1.56. The highest BCUT2D eigenvalue weighted by atomic mass is 19.1. The number of H-pyrrole nitrogens is 1. The number of aromatic nitrogens is 2. The first-order valence-electron chi connectivity index (χ1n) is 8.34. The molecule has 0 aliphatic rings. The first kappa shape index (κ1) is 18.3. The topological polar surface area (TPSA) is 84.1 Å². The summed E-state index contributed by atoms with van der Waals surface area (Å²) in [6.07, 6.45) is 0.346. The molecule has 0 bridgehead atoms. The van der Waals surface area contributed by atoms with Crippen LogP contribution in [0.5, 0.6) is 5.75 Å². The minimum atomic E-state index is -0.623. The third-order valence-corrected chi connectivity index (χ3v) is 4.01. The number of hydrogen-bond donors (Lipinski definition) is 2. The normalized spacial score (nSPS) is 10.4. The van der Waals surface area contributed by atoms with Crippen LogP contribution < -0.4 is 15.7 Å². The van der Waals surface area contributed by atoms with Crippen molar-refractivity contribution in [3.63, 3.8) is 0 Å². The van der Waals surface area contributed by atoms with E-state index in [2.05, 4.69) is 15.3 Å². The second kappa shape index (κ2) is 8.27. The van der Waals surface area contributed by atoms with E-state index in [1.807, 2.05) is 0 Å². The maximum Gasteiger partial charge on any atom is 0.346 e. The van der Waals surface area contributed by atoms with Crippen LogP contribution >= 0.6 is 0 Å². The summed E-state index contributed by atoms with van der Waals surface area (Å²) in [5, 5.41) is 2.68. The molecule has 1 heterocycles. The molecule has 0 atom stereocenters. The maximum absolute atomic E-state index is 13.6. The average molecular weight is 367 g/mol. The Kier molecular flexibility index (Phi) is 5.61. The van der Waals surface area contributed by atoms with Gasteiger partial charge in [-0.1, -0.05) is 18.2 Å². The van der Waals surface area contributed by atoms with E-state index in [-0.39, 0.29) is 18.1 Å². The van der Waals surface area contributed by atoms with Gasteiger partial charge in [-0.15, -0.1) is 0 Å². The number of carbonyl (C=O) groups excluding carboxylic acids is 1. The van der Waals surface area contributed by atoms with Crippen LogP contribution in [0, 0.1) is 5.82 Å². The summed E-state index contributed by atoms with van der Waals surface area (Å²) < 4.78 is 18.7. The molecule has 2 aromatic carbocycles. The lowest BCUT2D eigenvalue weighted by Gasteiger charge is -2.08. The van der Waals surface area contributed by atoms with E-state index in [4.69, 9.17) is 4.74 Å². The predicted molar refractivity (Wildman–Crippen MR) is 99.3 cm³/mol. The summed E-state index contributed by atoms with van der Waals surface area (Å²) in [6.45, 7) is 0.238. The van der Waals surface area contributed by atoms with Crippen molar-refractivity contribution in [2.24, 2.45) is 0 Å². The molecule has 6 nitrogen and oxygen atoms in total. The van der Waals surface area contributed by atoms with E-state index >= 15 is 0 Å². The molecule has 1 amide bonds. The third-order valence-electron chi connectivity index (χ3n) is 4.01. The molecule has 0 saturated carbocycles. The molecule has 138 valence electrons. The molecule has 27 heavy (non-hydrogen) atoms. The summed E-state index contributed by atoms with van der Waals surface area (Å²) in [5.74, 6) is -0.0961. The number of amides is 1. The Morgan fingerprint density at radius 3 is 2.63 bits per heavy atom. The number of carbonyl (C=O) groups is 1. The number of ether oxygens (including phenoxy) is 1. The van der Waals surface area contributed by atoms with Crippen LogP contribution in [0.4, 0.5) is 4.39 Å². The lowest BCUT2D eigenvalue weighted by atomic mass is 10.1. The number of nitrogens with zero attached hydrogens (tertiary/aromatic N) is 1. The number of halogens is 1. The van der Waals surface area contributed by atoms with Crippen molar-refractivity contribution in [1.82, 2.24) is 15.3 Å². The number of hydrogen-bond acceptors (Lipinski definition) is 4. The number of rotatable bonds is 6. The van der Waals surface area contributed by atoms with Crippen LogP contribution in [-0.2, 0) is 6.42 Å². The fourth-order valence-corrected chi connectivity index (χ4v) is 2.60. The van der Waals surface area contributed by atoms with E-state index in [1.165, 1.54) is 12.1 Å². The quantitative estimate of drug-likeness (QED) is 0.701. The molecule has 7 heteroatoms. The Bertz CT molecular complexity index is 1000. The van der Waals surface area contributed by atoms with Crippen molar-refractivity contribution >= 4 is 5.91 Å². The van der Waals surface area contributed by atoms with Gasteiger partial charge < -0.3 is 15.0 Å². The number of nitrogens with one attached hydrogen (secondary N) is 2. The monoisotopic (exact) mass is 367 g/mol. The summed E-state index contributed by atoms with van der Waals surface area (Å²) in [6, 6.07) is 14.9. The highest BCUT2D eigenvalue weighted by Gasteiger charge is 2.11. The van der Waals surface area contributed by atoms with E-state index in [1.54, 1.807) is 49.6 Å². The molecule has 0 spiro atoms.